The van der Waals surface area contributed by atoms with E-state index >= 15 is 0 Å². The molecule has 0 aliphatic heterocycles. The van der Waals surface area contributed by atoms with Crippen molar-refractivity contribution >= 4 is 29.3 Å². The summed E-state index contributed by atoms with van der Waals surface area (Å²) in [6, 6.07) is 14.5. The van der Waals surface area contributed by atoms with Crippen molar-refractivity contribution in [1.82, 2.24) is 0 Å². The maximum absolute atomic E-state index is 13.5. The van der Waals surface area contributed by atoms with Crippen molar-refractivity contribution < 1.29 is 14.3 Å². The number of esters is 1. The zero-order chi connectivity index (χ0) is 23.2. The van der Waals surface area contributed by atoms with Crippen LogP contribution in [0.4, 0.5) is 5.69 Å². The molecule has 0 radical (unpaired) electrons. The van der Waals surface area contributed by atoms with Gasteiger partial charge in [-0.15, -0.1) is 11.8 Å². The Balaban J connectivity index is 1.31. The second kappa shape index (κ2) is 8.50. The van der Waals surface area contributed by atoms with E-state index in [0.717, 1.165) is 29.8 Å². The Morgan fingerprint density at radius 1 is 1.03 bits per heavy atom. The van der Waals surface area contributed by atoms with Crippen LogP contribution in [0.15, 0.2) is 47.4 Å². The summed E-state index contributed by atoms with van der Waals surface area (Å²) >= 11 is 1.58. The number of hydrogen-bond acceptors (Lipinski definition) is 4. The highest BCUT2D eigenvalue weighted by atomic mass is 32.2. The topological polar surface area (TPSA) is 55.4 Å². The standard InChI is InChI=1S/C28H33NO3S/c1-18-8-9-22(10-19(18)2)27-12-20-11-21(13-27)15-28(14-20,17-27)26(31)32-16-25(30)29-23-6-4-5-7-24(23)33-3/h4-10,20-21H,11-17H2,1-3H3,(H,29,30)/t20-,21+,27?,28?. The van der Waals surface area contributed by atoms with Crippen molar-refractivity contribution in [2.45, 2.75) is 62.7 Å². The van der Waals surface area contributed by atoms with Gasteiger partial charge in [-0.1, -0.05) is 30.3 Å². The number of nitrogens with one attached hydrogen (secondary N) is 1. The van der Waals surface area contributed by atoms with Crippen LogP contribution in [0.2, 0.25) is 0 Å². The minimum atomic E-state index is -0.444. The number of thioether (sulfide) groups is 1. The van der Waals surface area contributed by atoms with Gasteiger partial charge < -0.3 is 10.1 Å². The van der Waals surface area contributed by atoms with E-state index in [0.29, 0.717) is 11.8 Å². The molecule has 33 heavy (non-hydrogen) atoms. The fourth-order valence-electron chi connectivity index (χ4n) is 7.13. The molecule has 5 heteroatoms. The third-order valence-electron chi connectivity index (χ3n) is 8.33. The molecule has 2 aromatic rings. The van der Waals surface area contributed by atoms with E-state index in [1.54, 1.807) is 11.8 Å². The van der Waals surface area contributed by atoms with Crippen LogP contribution in [0.5, 0.6) is 0 Å². The molecule has 4 bridgehead atoms. The summed E-state index contributed by atoms with van der Waals surface area (Å²) in [6.45, 7) is 4.10. The van der Waals surface area contributed by atoms with Crippen LogP contribution in [-0.2, 0) is 19.7 Å². The third-order valence-corrected chi connectivity index (χ3v) is 9.12. The molecular formula is C28H33NO3S. The van der Waals surface area contributed by atoms with E-state index < -0.39 is 5.41 Å². The lowest BCUT2D eigenvalue weighted by atomic mass is 9.43. The first kappa shape index (κ1) is 22.5. The zero-order valence-corrected chi connectivity index (χ0v) is 20.6. The minimum Gasteiger partial charge on any atom is -0.455 e. The predicted molar refractivity (Wildman–Crippen MR) is 133 cm³/mol. The Morgan fingerprint density at radius 2 is 1.76 bits per heavy atom. The number of benzene rings is 2. The second-order valence-electron chi connectivity index (χ2n) is 10.6. The van der Waals surface area contributed by atoms with E-state index in [1.165, 1.54) is 36.0 Å². The van der Waals surface area contributed by atoms with Crippen molar-refractivity contribution in [3.8, 4) is 0 Å². The quantitative estimate of drug-likeness (QED) is 0.419. The first-order chi connectivity index (χ1) is 15.8. The maximum Gasteiger partial charge on any atom is 0.312 e. The van der Waals surface area contributed by atoms with Gasteiger partial charge in [0, 0.05) is 4.90 Å². The van der Waals surface area contributed by atoms with E-state index in [4.69, 9.17) is 4.74 Å². The average Bonchev–Trinajstić information content (AvgIpc) is 2.78. The lowest BCUT2D eigenvalue weighted by Crippen LogP contribution is -2.57. The van der Waals surface area contributed by atoms with Gasteiger partial charge in [0.1, 0.15) is 0 Å². The SMILES string of the molecule is CSc1ccccc1NC(=O)COC(=O)C12C[C@H]3C[C@@H](C1)CC(c1ccc(C)c(C)c1)(C3)C2. The molecule has 0 aromatic heterocycles. The molecule has 4 nitrogen and oxygen atoms in total. The lowest BCUT2D eigenvalue weighted by Gasteiger charge is -2.61. The van der Waals surface area contributed by atoms with Gasteiger partial charge in [-0.2, -0.15) is 0 Å². The molecule has 4 aliphatic carbocycles. The zero-order valence-electron chi connectivity index (χ0n) is 19.8. The highest BCUT2D eigenvalue weighted by Gasteiger charge is 2.61. The molecule has 6 rings (SSSR count). The molecule has 1 amide bonds. The molecule has 4 saturated carbocycles. The predicted octanol–water partition coefficient (Wildman–Crippen LogP) is 6.05. The monoisotopic (exact) mass is 463 g/mol. The van der Waals surface area contributed by atoms with E-state index in [2.05, 4.69) is 37.4 Å². The molecule has 2 aromatic carbocycles. The van der Waals surface area contributed by atoms with Crippen molar-refractivity contribution in [3.63, 3.8) is 0 Å². The Morgan fingerprint density at radius 3 is 2.45 bits per heavy atom. The van der Waals surface area contributed by atoms with Crippen LogP contribution in [0, 0.1) is 31.1 Å². The third kappa shape index (κ3) is 4.09. The van der Waals surface area contributed by atoms with Crippen molar-refractivity contribution in [2.24, 2.45) is 17.3 Å². The molecular weight excluding hydrogens is 430 g/mol. The Kier molecular flexibility index (Phi) is 5.80. The van der Waals surface area contributed by atoms with Crippen LogP contribution in [0.1, 0.15) is 55.2 Å². The molecule has 174 valence electrons. The number of aryl methyl sites for hydroxylation is 2. The summed E-state index contributed by atoms with van der Waals surface area (Å²) in [5.41, 5.74) is 4.41. The van der Waals surface area contributed by atoms with E-state index in [-0.39, 0.29) is 23.9 Å². The highest BCUT2D eigenvalue weighted by molar-refractivity contribution is 7.98. The Bertz CT molecular complexity index is 1080. The molecule has 4 aliphatic rings. The number of para-hydroxylation sites is 1. The molecule has 0 heterocycles. The average molecular weight is 464 g/mol. The van der Waals surface area contributed by atoms with E-state index in [1.807, 2.05) is 30.5 Å². The number of ether oxygens (including phenoxy) is 1. The fraction of sp³-hybridized carbons (Fsp3) is 0.500. The summed E-state index contributed by atoms with van der Waals surface area (Å²) in [6.07, 6.45) is 8.22. The highest BCUT2D eigenvalue weighted by Crippen LogP contribution is 2.66. The molecule has 0 saturated heterocycles. The molecule has 0 spiro atoms. The van der Waals surface area contributed by atoms with Gasteiger partial charge in [-0.05, 0) is 105 Å². The maximum atomic E-state index is 13.5. The summed E-state index contributed by atoms with van der Waals surface area (Å²) in [5.74, 6) is 0.696. The number of carbonyl (C=O) groups excluding carboxylic acids is 2. The van der Waals surface area contributed by atoms with Gasteiger partial charge in [0.15, 0.2) is 6.61 Å². The van der Waals surface area contributed by atoms with Gasteiger partial charge >= 0.3 is 5.97 Å². The molecule has 4 atom stereocenters. The number of amides is 1. The summed E-state index contributed by atoms with van der Waals surface area (Å²) < 4.78 is 5.70. The minimum absolute atomic E-state index is 0.0705. The van der Waals surface area contributed by atoms with Crippen LogP contribution < -0.4 is 5.32 Å². The lowest BCUT2D eigenvalue weighted by molar-refractivity contribution is -0.175. The Labute approximate surface area is 200 Å². The number of hydrogen-bond donors (Lipinski definition) is 1. The first-order valence-electron chi connectivity index (χ1n) is 12.0. The van der Waals surface area contributed by atoms with Gasteiger partial charge in [0.25, 0.3) is 5.91 Å². The number of rotatable bonds is 6. The van der Waals surface area contributed by atoms with Crippen LogP contribution in [-0.4, -0.2) is 24.7 Å². The number of anilines is 1. The number of carbonyl (C=O) groups is 2. The smallest absolute Gasteiger partial charge is 0.312 e. The normalized spacial score (nSPS) is 29.7. The van der Waals surface area contributed by atoms with Gasteiger partial charge in [0.2, 0.25) is 0 Å². The summed E-state index contributed by atoms with van der Waals surface area (Å²) in [4.78, 5) is 27.0. The Hall–Kier alpha value is -2.27. The first-order valence-corrected chi connectivity index (χ1v) is 13.2. The van der Waals surface area contributed by atoms with Crippen molar-refractivity contribution in [1.29, 1.82) is 0 Å². The van der Waals surface area contributed by atoms with Gasteiger partial charge in [0.05, 0.1) is 11.1 Å². The second-order valence-corrected chi connectivity index (χ2v) is 11.5. The molecule has 4 fully saturated rings. The van der Waals surface area contributed by atoms with Crippen molar-refractivity contribution in [3.05, 3.63) is 59.2 Å². The summed E-state index contributed by atoms with van der Waals surface area (Å²) in [7, 11) is 0. The van der Waals surface area contributed by atoms with E-state index in [9.17, 15) is 9.59 Å². The fourth-order valence-corrected chi connectivity index (χ4v) is 7.68. The molecule has 2 unspecified atom stereocenters. The van der Waals surface area contributed by atoms with Crippen LogP contribution >= 0.6 is 11.8 Å². The van der Waals surface area contributed by atoms with Crippen LogP contribution in [0.3, 0.4) is 0 Å². The van der Waals surface area contributed by atoms with Gasteiger partial charge in [-0.25, -0.2) is 0 Å². The molecule has 1 N–H and O–H groups in total. The van der Waals surface area contributed by atoms with Gasteiger partial charge in [-0.3, -0.25) is 9.59 Å². The van der Waals surface area contributed by atoms with Crippen LogP contribution in [0.25, 0.3) is 0 Å². The summed E-state index contributed by atoms with van der Waals surface area (Å²) in [5, 5.41) is 2.90. The van der Waals surface area contributed by atoms with Crippen molar-refractivity contribution in [2.75, 3.05) is 18.2 Å². The largest absolute Gasteiger partial charge is 0.455 e.